The van der Waals surface area contributed by atoms with Crippen molar-refractivity contribution in [1.29, 1.82) is 0 Å². The molecule has 2 heterocycles. The average Bonchev–Trinajstić information content (AvgIpc) is 2.97. The molecule has 0 saturated heterocycles. The molecular weight excluding hydrogens is 286 g/mol. The highest BCUT2D eigenvalue weighted by atomic mass is 32.1. The van der Waals surface area contributed by atoms with E-state index in [1.54, 1.807) is 12.1 Å². The van der Waals surface area contributed by atoms with Crippen LogP contribution in [0.25, 0.3) is 5.70 Å². The number of thiazole rings is 1. The van der Waals surface area contributed by atoms with Gasteiger partial charge in [0.15, 0.2) is 5.13 Å². The topological polar surface area (TPSA) is 62.3 Å². The number of benzene rings is 1. The number of amides is 2. The lowest BCUT2D eigenvalue weighted by Gasteiger charge is -2.16. The van der Waals surface area contributed by atoms with Crippen molar-refractivity contribution in [2.45, 2.75) is 6.92 Å². The summed E-state index contributed by atoms with van der Waals surface area (Å²) in [6.07, 6.45) is 0. The summed E-state index contributed by atoms with van der Waals surface area (Å²) in [4.78, 5) is 29.9. The molecule has 1 aromatic heterocycles. The van der Waals surface area contributed by atoms with Crippen molar-refractivity contribution in [3.8, 4) is 0 Å². The fraction of sp³-hybridized carbons (Fsp3) is 0.133. The van der Waals surface area contributed by atoms with Crippen LogP contribution >= 0.6 is 11.3 Å². The second-order valence-electron chi connectivity index (χ2n) is 4.73. The minimum absolute atomic E-state index is 0.0645. The molecule has 0 bridgehead atoms. The molecule has 1 N–H and O–H groups in total. The number of nitrogens with one attached hydrogen (secondary N) is 1. The maximum Gasteiger partial charge on any atom is 0.259 e. The maximum absolute atomic E-state index is 12.3. The lowest BCUT2D eigenvalue weighted by Crippen LogP contribution is -2.32. The molecule has 0 unspecified atom stereocenters. The van der Waals surface area contributed by atoms with E-state index in [-0.39, 0.29) is 18.4 Å². The Morgan fingerprint density at radius 1 is 1.38 bits per heavy atom. The van der Waals surface area contributed by atoms with Gasteiger partial charge in [-0.15, -0.1) is 11.3 Å². The van der Waals surface area contributed by atoms with Crippen molar-refractivity contribution in [3.63, 3.8) is 0 Å². The molecule has 1 aliphatic heterocycles. The van der Waals surface area contributed by atoms with E-state index in [1.807, 2.05) is 24.4 Å². The number of nitrogens with zero attached hydrogens (tertiary/aromatic N) is 2. The Kier molecular flexibility index (Phi) is 3.31. The predicted octanol–water partition coefficient (Wildman–Crippen LogP) is 2.52. The van der Waals surface area contributed by atoms with Crippen LogP contribution in [0.15, 0.2) is 36.2 Å². The number of aryl methyl sites for hydroxylation is 1. The van der Waals surface area contributed by atoms with Crippen molar-refractivity contribution >= 4 is 34.0 Å². The van der Waals surface area contributed by atoms with Crippen molar-refractivity contribution in [2.75, 3.05) is 11.9 Å². The molecule has 0 atom stereocenters. The molecule has 1 aromatic carbocycles. The van der Waals surface area contributed by atoms with Crippen LogP contribution in [0.1, 0.15) is 21.6 Å². The molecule has 0 fully saturated rings. The zero-order valence-corrected chi connectivity index (χ0v) is 12.2. The Hall–Kier alpha value is -2.47. The second kappa shape index (κ2) is 5.14. The number of carbonyl (C=O) groups is 2. The molecule has 21 heavy (non-hydrogen) atoms. The van der Waals surface area contributed by atoms with Gasteiger partial charge in [-0.25, -0.2) is 4.98 Å². The molecule has 3 rings (SSSR count). The predicted molar refractivity (Wildman–Crippen MR) is 82.0 cm³/mol. The number of carbonyl (C=O) groups excluding carboxylic acids is 2. The third-order valence-corrected chi connectivity index (χ3v) is 4.08. The number of hydrogen-bond donors (Lipinski definition) is 1. The smallest absolute Gasteiger partial charge is 0.259 e. The van der Waals surface area contributed by atoms with Gasteiger partial charge in [-0.2, -0.15) is 0 Å². The van der Waals surface area contributed by atoms with E-state index >= 15 is 0 Å². The number of rotatable bonds is 3. The SMILES string of the molecule is C=C1c2ccccc2C(=O)N1CC(=O)Nc1nc(C)cs1. The van der Waals surface area contributed by atoms with Crippen LogP contribution < -0.4 is 5.32 Å². The van der Waals surface area contributed by atoms with Crippen LogP contribution in [-0.4, -0.2) is 28.2 Å². The lowest BCUT2D eigenvalue weighted by atomic mass is 10.1. The third-order valence-electron chi connectivity index (χ3n) is 3.21. The molecule has 0 spiro atoms. The third kappa shape index (κ3) is 2.45. The van der Waals surface area contributed by atoms with Crippen molar-refractivity contribution in [2.24, 2.45) is 0 Å². The monoisotopic (exact) mass is 299 g/mol. The van der Waals surface area contributed by atoms with E-state index in [1.165, 1.54) is 16.2 Å². The molecule has 0 aliphatic carbocycles. The van der Waals surface area contributed by atoms with Crippen molar-refractivity contribution in [1.82, 2.24) is 9.88 Å². The van der Waals surface area contributed by atoms with Crippen LogP contribution in [0.2, 0.25) is 0 Å². The summed E-state index contributed by atoms with van der Waals surface area (Å²) in [7, 11) is 0. The van der Waals surface area contributed by atoms with E-state index in [0.717, 1.165) is 11.3 Å². The van der Waals surface area contributed by atoms with Gasteiger partial charge in [0, 0.05) is 22.2 Å². The maximum atomic E-state index is 12.3. The van der Waals surface area contributed by atoms with Gasteiger partial charge in [-0.1, -0.05) is 24.8 Å². The van der Waals surface area contributed by atoms with Gasteiger partial charge in [0.25, 0.3) is 5.91 Å². The van der Waals surface area contributed by atoms with Crippen LogP contribution in [0, 0.1) is 6.92 Å². The van der Waals surface area contributed by atoms with E-state index in [9.17, 15) is 9.59 Å². The van der Waals surface area contributed by atoms with E-state index in [0.29, 0.717) is 16.4 Å². The Morgan fingerprint density at radius 3 is 2.71 bits per heavy atom. The van der Waals surface area contributed by atoms with E-state index in [2.05, 4.69) is 16.9 Å². The molecule has 0 saturated carbocycles. The van der Waals surface area contributed by atoms with Crippen LogP contribution in [0.3, 0.4) is 0 Å². The quantitative estimate of drug-likeness (QED) is 0.947. The van der Waals surface area contributed by atoms with Gasteiger partial charge in [-0.3, -0.25) is 14.5 Å². The number of fused-ring (bicyclic) bond motifs is 1. The molecule has 0 radical (unpaired) electrons. The molecule has 5 nitrogen and oxygen atoms in total. The molecule has 2 aromatic rings. The summed E-state index contributed by atoms with van der Waals surface area (Å²) in [6.45, 7) is 5.69. The number of aromatic nitrogens is 1. The molecular formula is C15H13N3O2S. The summed E-state index contributed by atoms with van der Waals surface area (Å²) in [5.74, 6) is -0.479. The largest absolute Gasteiger partial charge is 0.300 e. The lowest BCUT2D eigenvalue weighted by molar-refractivity contribution is -0.116. The summed E-state index contributed by atoms with van der Waals surface area (Å²) in [5.41, 5.74) is 2.77. The van der Waals surface area contributed by atoms with Gasteiger partial charge >= 0.3 is 0 Å². The zero-order chi connectivity index (χ0) is 15.0. The van der Waals surface area contributed by atoms with Gasteiger partial charge in [0.2, 0.25) is 5.91 Å². The first-order valence-corrected chi connectivity index (χ1v) is 7.26. The Morgan fingerprint density at radius 2 is 2.10 bits per heavy atom. The van der Waals surface area contributed by atoms with Crippen molar-refractivity contribution in [3.05, 3.63) is 53.0 Å². The standard InChI is InChI=1S/C15H13N3O2S/c1-9-8-21-15(16-9)17-13(19)7-18-10(2)11-5-3-4-6-12(11)14(18)20/h3-6,8H,2,7H2,1H3,(H,16,17,19). The van der Waals surface area contributed by atoms with Gasteiger partial charge < -0.3 is 5.32 Å². The van der Waals surface area contributed by atoms with Gasteiger partial charge in [0.1, 0.15) is 6.54 Å². The Bertz CT molecular complexity index is 716. The number of anilines is 1. The first kappa shape index (κ1) is 13.5. The summed E-state index contributed by atoms with van der Waals surface area (Å²) >= 11 is 1.36. The Labute approximate surface area is 125 Å². The normalized spacial score (nSPS) is 13.5. The minimum atomic E-state index is -0.286. The minimum Gasteiger partial charge on any atom is -0.300 e. The first-order valence-electron chi connectivity index (χ1n) is 6.38. The summed E-state index contributed by atoms with van der Waals surface area (Å²) in [6, 6.07) is 7.22. The zero-order valence-electron chi connectivity index (χ0n) is 11.4. The highest BCUT2D eigenvalue weighted by Gasteiger charge is 2.31. The molecule has 2 amide bonds. The summed E-state index contributed by atoms with van der Waals surface area (Å²) in [5, 5.41) is 5.08. The fourth-order valence-corrected chi connectivity index (χ4v) is 2.92. The second-order valence-corrected chi connectivity index (χ2v) is 5.58. The highest BCUT2D eigenvalue weighted by Crippen LogP contribution is 2.30. The van der Waals surface area contributed by atoms with Gasteiger partial charge in [0.05, 0.1) is 5.69 Å². The molecule has 106 valence electrons. The van der Waals surface area contributed by atoms with E-state index < -0.39 is 0 Å². The van der Waals surface area contributed by atoms with Gasteiger partial charge in [-0.05, 0) is 13.0 Å². The Balaban J connectivity index is 1.73. The molecule has 1 aliphatic rings. The molecule has 6 heteroatoms. The fourth-order valence-electron chi connectivity index (χ4n) is 2.22. The van der Waals surface area contributed by atoms with Crippen LogP contribution in [0.5, 0.6) is 0 Å². The number of hydrogen-bond acceptors (Lipinski definition) is 4. The summed E-state index contributed by atoms with van der Waals surface area (Å²) < 4.78 is 0. The van der Waals surface area contributed by atoms with Crippen LogP contribution in [-0.2, 0) is 4.79 Å². The van der Waals surface area contributed by atoms with E-state index in [4.69, 9.17) is 0 Å². The van der Waals surface area contributed by atoms with Crippen LogP contribution in [0.4, 0.5) is 5.13 Å². The average molecular weight is 299 g/mol. The van der Waals surface area contributed by atoms with Crippen molar-refractivity contribution < 1.29 is 9.59 Å². The first-order chi connectivity index (χ1) is 10.1. The highest BCUT2D eigenvalue weighted by molar-refractivity contribution is 7.13.